The number of hydrogen-bond acceptors (Lipinski definition) is 3. The third-order valence-corrected chi connectivity index (χ3v) is 3.03. The summed E-state index contributed by atoms with van der Waals surface area (Å²) in [4.78, 5) is 5.94. The fourth-order valence-corrected chi connectivity index (χ4v) is 1.76. The Morgan fingerprint density at radius 2 is 2.36 bits per heavy atom. The van der Waals surface area contributed by atoms with Gasteiger partial charge in [-0.15, -0.1) is 0 Å². The van der Waals surface area contributed by atoms with Crippen molar-refractivity contribution in [3.63, 3.8) is 0 Å². The summed E-state index contributed by atoms with van der Waals surface area (Å²) < 4.78 is 14.0. The Kier molecular flexibility index (Phi) is 2.69. The average Bonchev–Trinajstić information content (AvgIpc) is 2.10. The number of nitrogens with one attached hydrogen (secondary N) is 1. The fourth-order valence-electron chi connectivity index (χ4n) is 1.46. The standard InChI is InChI=1S/C9H11BrFN3/c1-12-6-4-14(5-6)9-8(11)7(10)2-3-13-9/h2-3,6,12H,4-5H2,1H3. The first-order chi connectivity index (χ1) is 6.72. The van der Waals surface area contributed by atoms with E-state index < -0.39 is 0 Å². The Hall–Kier alpha value is -0.680. The van der Waals surface area contributed by atoms with Crippen LogP contribution in [-0.2, 0) is 0 Å². The van der Waals surface area contributed by atoms with Crippen molar-refractivity contribution in [1.82, 2.24) is 10.3 Å². The second-order valence-corrected chi connectivity index (χ2v) is 4.18. The van der Waals surface area contributed by atoms with E-state index in [-0.39, 0.29) is 5.82 Å². The number of pyridine rings is 1. The van der Waals surface area contributed by atoms with Crippen LogP contribution in [-0.4, -0.2) is 31.2 Å². The van der Waals surface area contributed by atoms with Gasteiger partial charge in [0.1, 0.15) is 0 Å². The van der Waals surface area contributed by atoms with Gasteiger partial charge in [0.2, 0.25) is 0 Å². The highest BCUT2D eigenvalue weighted by Gasteiger charge is 2.28. The molecule has 1 N–H and O–H groups in total. The number of aromatic nitrogens is 1. The Morgan fingerprint density at radius 1 is 1.64 bits per heavy atom. The van der Waals surface area contributed by atoms with Crippen LogP contribution in [0, 0.1) is 5.82 Å². The number of hydrogen-bond donors (Lipinski definition) is 1. The normalized spacial score (nSPS) is 16.9. The molecule has 1 aromatic rings. The SMILES string of the molecule is CNC1CN(c2nccc(Br)c2F)C1. The lowest BCUT2D eigenvalue weighted by Crippen LogP contribution is -2.57. The number of halogens is 2. The number of rotatable bonds is 2. The van der Waals surface area contributed by atoms with Crippen LogP contribution >= 0.6 is 15.9 Å². The van der Waals surface area contributed by atoms with Crippen LogP contribution in [0.15, 0.2) is 16.7 Å². The van der Waals surface area contributed by atoms with Gasteiger partial charge in [0.15, 0.2) is 11.6 Å². The summed E-state index contributed by atoms with van der Waals surface area (Å²) in [6.45, 7) is 1.63. The van der Waals surface area contributed by atoms with Crippen LogP contribution in [0.1, 0.15) is 0 Å². The van der Waals surface area contributed by atoms with Crippen LogP contribution in [0.3, 0.4) is 0 Å². The molecular formula is C9H11BrFN3. The van der Waals surface area contributed by atoms with Gasteiger partial charge in [-0.1, -0.05) is 0 Å². The quantitative estimate of drug-likeness (QED) is 0.871. The van der Waals surface area contributed by atoms with E-state index in [1.807, 2.05) is 11.9 Å². The summed E-state index contributed by atoms with van der Waals surface area (Å²) in [6, 6.07) is 2.06. The molecule has 0 amide bonds. The smallest absolute Gasteiger partial charge is 0.179 e. The molecule has 0 aromatic carbocycles. The van der Waals surface area contributed by atoms with Gasteiger partial charge in [-0.2, -0.15) is 0 Å². The summed E-state index contributed by atoms with van der Waals surface area (Å²) in [5.74, 6) is 0.160. The second kappa shape index (κ2) is 3.82. The van der Waals surface area contributed by atoms with Crippen molar-refractivity contribution in [1.29, 1.82) is 0 Å². The molecule has 0 spiro atoms. The molecule has 1 aromatic heterocycles. The first kappa shape index (κ1) is 9.86. The van der Waals surface area contributed by atoms with Gasteiger partial charge >= 0.3 is 0 Å². The molecule has 1 aliphatic heterocycles. The molecule has 2 rings (SSSR count). The summed E-state index contributed by atoms with van der Waals surface area (Å²) >= 11 is 3.14. The van der Waals surface area contributed by atoms with E-state index >= 15 is 0 Å². The van der Waals surface area contributed by atoms with Crippen molar-refractivity contribution in [2.24, 2.45) is 0 Å². The molecule has 1 fully saturated rings. The van der Waals surface area contributed by atoms with E-state index in [9.17, 15) is 4.39 Å². The highest BCUT2D eigenvalue weighted by atomic mass is 79.9. The molecule has 0 aliphatic carbocycles. The number of nitrogens with zero attached hydrogens (tertiary/aromatic N) is 2. The maximum Gasteiger partial charge on any atom is 0.179 e. The van der Waals surface area contributed by atoms with Gasteiger partial charge in [-0.05, 0) is 29.0 Å². The molecule has 3 nitrogen and oxygen atoms in total. The van der Waals surface area contributed by atoms with Crippen LogP contribution < -0.4 is 10.2 Å². The van der Waals surface area contributed by atoms with Crippen molar-refractivity contribution in [2.75, 3.05) is 25.0 Å². The minimum atomic E-state index is -0.276. The van der Waals surface area contributed by atoms with Gasteiger partial charge in [0.25, 0.3) is 0 Å². The lowest BCUT2D eigenvalue weighted by molar-refractivity contribution is 0.438. The van der Waals surface area contributed by atoms with E-state index in [0.717, 1.165) is 13.1 Å². The van der Waals surface area contributed by atoms with Crippen molar-refractivity contribution in [3.05, 3.63) is 22.6 Å². The largest absolute Gasteiger partial charge is 0.351 e. The highest BCUT2D eigenvalue weighted by molar-refractivity contribution is 9.10. The zero-order chi connectivity index (χ0) is 10.1. The lowest BCUT2D eigenvalue weighted by atomic mass is 10.1. The number of likely N-dealkylation sites (N-methyl/N-ethyl adjacent to an activating group) is 1. The van der Waals surface area contributed by atoms with Crippen LogP contribution in [0.4, 0.5) is 10.2 Å². The molecule has 1 saturated heterocycles. The van der Waals surface area contributed by atoms with Crippen molar-refractivity contribution in [3.8, 4) is 0 Å². The topological polar surface area (TPSA) is 28.2 Å². The predicted molar refractivity (Wildman–Crippen MR) is 57.0 cm³/mol. The maximum atomic E-state index is 13.5. The zero-order valence-corrected chi connectivity index (χ0v) is 9.38. The first-order valence-corrected chi connectivity index (χ1v) is 5.24. The second-order valence-electron chi connectivity index (χ2n) is 3.32. The third kappa shape index (κ3) is 1.62. The van der Waals surface area contributed by atoms with E-state index in [4.69, 9.17) is 0 Å². The Balaban J connectivity index is 2.14. The van der Waals surface area contributed by atoms with Gasteiger partial charge in [-0.3, -0.25) is 0 Å². The van der Waals surface area contributed by atoms with Gasteiger partial charge in [0, 0.05) is 25.3 Å². The van der Waals surface area contributed by atoms with Crippen molar-refractivity contribution >= 4 is 21.7 Å². The number of anilines is 1. The molecule has 14 heavy (non-hydrogen) atoms. The molecule has 0 atom stereocenters. The molecular weight excluding hydrogens is 249 g/mol. The Bertz CT molecular complexity index is 339. The van der Waals surface area contributed by atoms with E-state index in [2.05, 4.69) is 26.2 Å². The first-order valence-electron chi connectivity index (χ1n) is 4.44. The highest BCUT2D eigenvalue weighted by Crippen LogP contribution is 2.26. The molecule has 0 unspecified atom stereocenters. The molecule has 0 saturated carbocycles. The molecule has 0 bridgehead atoms. The van der Waals surface area contributed by atoms with E-state index in [1.165, 1.54) is 0 Å². The third-order valence-electron chi connectivity index (χ3n) is 2.41. The molecule has 1 aliphatic rings. The average molecular weight is 260 g/mol. The monoisotopic (exact) mass is 259 g/mol. The zero-order valence-electron chi connectivity index (χ0n) is 7.80. The van der Waals surface area contributed by atoms with Crippen LogP contribution in [0.5, 0.6) is 0 Å². The lowest BCUT2D eigenvalue weighted by Gasteiger charge is -2.40. The van der Waals surface area contributed by atoms with Gasteiger partial charge in [0.05, 0.1) is 4.47 Å². The summed E-state index contributed by atoms with van der Waals surface area (Å²) in [7, 11) is 1.91. The molecule has 0 radical (unpaired) electrons. The fraction of sp³-hybridized carbons (Fsp3) is 0.444. The van der Waals surface area contributed by atoms with E-state index in [1.54, 1.807) is 12.3 Å². The predicted octanol–water partition coefficient (Wildman–Crippen LogP) is 1.39. The van der Waals surface area contributed by atoms with Gasteiger partial charge in [-0.25, -0.2) is 9.37 Å². The minimum Gasteiger partial charge on any atom is -0.351 e. The van der Waals surface area contributed by atoms with E-state index in [0.29, 0.717) is 16.3 Å². The molecule has 76 valence electrons. The summed E-state index contributed by atoms with van der Waals surface area (Å²) in [6.07, 6.45) is 1.61. The van der Waals surface area contributed by atoms with Crippen LogP contribution in [0.2, 0.25) is 0 Å². The molecule has 5 heteroatoms. The summed E-state index contributed by atoms with van der Waals surface area (Å²) in [5, 5.41) is 3.13. The molecule has 2 heterocycles. The van der Waals surface area contributed by atoms with Gasteiger partial charge < -0.3 is 10.2 Å². The Labute approximate surface area is 90.4 Å². The Morgan fingerprint density at radius 3 is 3.00 bits per heavy atom. The minimum absolute atomic E-state index is 0.276. The maximum absolute atomic E-state index is 13.5. The van der Waals surface area contributed by atoms with Crippen molar-refractivity contribution in [2.45, 2.75) is 6.04 Å². The summed E-state index contributed by atoms with van der Waals surface area (Å²) in [5.41, 5.74) is 0. The van der Waals surface area contributed by atoms with Crippen molar-refractivity contribution < 1.29 is 4.39 Å². The van der Waals surface area contributed by atoms with Crippen LogP contribution in [0.25, 0.3) is 0 Å².